The highest BCUT2D eigenvalue weighted by molar-refractivity contribution is 5.78. The van der Waals surface area contributed by atoms with Gasteiger partial charge in [-0.15, -0.1) is 0 Å². The van der Waals surface area contributed by atoms with Gasteiger partial charge in [0.25, 0.3) is 0 Å². The van der Waals surface area contributed by atoms with Crippen LogP contribution >= 0.6 is 0 Å². The standard InChI is InChI=1S/C16H22N2O3/c1-12-3-5-13(6-4-12)11-15(19)17-14-7-9-18(10-8-14)16(20)21-2/h3-6,14H,7-11H2,1-2H3,(H,17,19). The molecule has 1 aromatic rings. The Kier molecular flexibility index (Phi) is 5.20. The average Bonchev–Trinajstić information content (AvgIpc) is 2.49. The molecule has 0 aliphatic carbocycles. The van der Waals surface area contributed by atoms with Crippen LogP contribution in [-0.2, 0) is 16.0 Å². The van der Waals surface area contributed by atoms with Crippen molar-refractivity contribution in [3.63, 3.8) is 0 Å². The maximum absolute atomic E-state index is 12.0. The molecule has 1 N–H and O–H groups in total. The van der Waals surface area contributed by atoms with Crippen LogP contribution < -0.4 is 5.32 Å². The maximum atomic E-state index is 12.0. The topological polar surface area (TPSA) is 58.6 Å². The van der Waals surface area contributed by atoms with Crippen LogP contribution in [0.1, 0.15) is 24.0 Å². The maximum Gasteiger partial charge on any atom is 0.409 e. The van der Waals surface area contributed by atoms with Crippen LogP contribution in [0.25, 0.3) is 0 Å². The molecule has 2 rings (SSSR count). The van der Waals surface area contributed by atoms with Crippen LogP contribution in [0.2, 0.25) is 0 Å². The number of amides is 2. The van der Waals surface area contributed by atoms with Crippen molar-refractivity contribution in [1.29, 1.82) is 0 Å². The molecule has 2 amide bonds. The van der Waals surface area contributed by atoms with E-state index in [2.05, 4.69) is 5.32 Å². The molecule has 1 heterocycles. The van der Waals surface area contributed by atoms with Crippen molar-refractivity contribution in [2.75, 3.05) is 20.2 Å². The van der Waals surface area contributed by atoms with E-state index in [1.165, 1.54) is 12.7 Å². The number of hydrogen-bond acceptors (Lipinski definition) is 3. The molecule has 0 unspecified atom stereocenters. The molecule has 0 saturated carbocycles. The molecule has 1 aromatic carbocycles. The highest BCUT2D eigenvalue weighted by Crippen LogP contribution is 2.12. The number of piperidine rings is 1. The van der Waals surface area contributed by atoms with Crippen LogP contribution in [0.3, 0.4) is 0 Å². The largest absolute Gasteiger partial charge is 0.453 e. The number of ether oxygens (including phenoxy) is 1. The Balaban J connectivity index is 1.76. The molecule has 1 aliphatic heterocycles. The lowest BCUT2D eigenvalue weighted by Crippen LogP contribution is -2.46. The summed E-state index contributed by atoms with van der Waals surface area (Å²) in [5, 5.41) is 3.04. The van der Waals surface area contributed by atoms with E-state index >= 15 is 0 Å². The third-order valence-electron chi connectivity index (χ3n) is 3.78. The van der Waals surface area contributed by atoms with Gasteiger partial charge in [-0.1, -0.05) is 29.8 Å². The summed E-state index contributed by atoms with van der Waals surface area (Å²) in [7, 11) is 1.39. The lowest BCUT2D eigenvalue weighted by atomic mass is 10.0. The summed E-state index contributed by atoms with van der Waals surface area (Å²) in [5.41, 5.74) is 2.21. The number of rotatable bonds is 3. The molecule has 1 fully saturated rings. The van der Waals surface area contributed by atoms with E-state index in [1.54, 1.807) is 4.90 Å². The summed E-state index contributed by atoms with van der Waals surface area (Å²) in [6.07, 6.45) is 1.65. The Labute approximate surface area is 125 Å². The van der Waals surface area contributed by atoms with Gasteiger partial charge >= 0.3 is 6.09 Å². The quantitative estimate of drug-likeness (QED) is 0.924. The number of nitrogens with zero attached hydrogens (tertiary/aromatic N) is 1. The Morgan fingerprint density at radius 1 is 1.24 bits per heavy atom. The number of aryl methyl sites for hydroxylation is 1. The Morgan fingerprint density at radius 3 is 2.43 bits per heavy atom. The van der Waals surface area contributed by atoms with E-state index in [0.29, 0.717) is 19.5 Å². The molecular weight excluding hydrogens is 268 g/mol. The lowest BCUT2D eigenvalue weighted by molar-refractivity contribution is -0.121. The molecule has 1 saturated heterocycles. The molecule has 0 spiro atoms. The van der Waals surface area contributed by atoms with Crippen molar-refractivity contribution >= 4 is 12.0 Å². The molecule has 5 nitrogen and oxygen atoms in total. The fraction of sp³-hybridized carbons (Fsp3) is 0.500. The first-order valence-electron chi connectivity index (χ1n) is 7.26. The van der Waals surface area contributed by atoms with Crippen LogP contribution in [0.5, 0.6) is 0 Å². The summed E-state index contributed by atoms with van der Waals surface area (Å²) in [5.74, 6) is 0.0374. The highest BCUT2D eigenvalue weighted by atomic mass is 16.5. The first-order valence-corrected chi connectivity index (χ1v) is 7.26. The van der Waals surface area contributed by atoms with Crippen molar-refractivity contribution in [3.05, 3.63) is 35.4 Å². The smallest absolute Gasteiger partial charge is 0.409 e. The molecule has 114 valence electrons. The van der Waals surface area contributed by atoms with Gasteiger partial charge in [-0.05, 0) is 25.3 Å². The Morgan fingerprint density at radius 2 is 1.86 bits per heavy atom. The number of nitrogens with one attached hydrogen (secondary N) is 1. The predicted octanol–water partition coefficient (Wildman–Crippen LogP) is 1.88. The van der Waals surface area contributed by atoms with Crippen molar-refractivity contribution in [1.82, 2.24) is 10.2 Å². The molecule has 0 radical (unpaired) electrons. The second-order valence-corrected chi connectivity index (χ2v) is 5.46. The van der Waals surface area contributed by atoms with E-state index in [1.807, 2.05) is 31.2 Å². The summed E-state index contributed by atoms with van der Waals surface area (Å²) in [6.45, 7) is 3.28. The van der Waals surface area contributed by atoms with Crippen LogP contribution in [-0.4, -0.2) is 43.1 Å². The van der Waals surface area contributed by atoms with Crippen molar-refractivity contribution in [2.45, 2.75) is 32.2 Å². The monoisotopic (exact) mass is 290 g/mol. The molecule has 1 aliphatic rings. The van der Waals surface area contributed by atoms with Gasteiger partial charge in [-0.2, -0.15) is 0 Å². The summed E-state index contributed by atoms with van der Waals surface area (Å²) < 4.78 is 4.69. The number of hydrogen-bond donors (Lipinski definition) is 1. The van der Waals surface area contributed by atoms with E-state index in [0.717, 1.165) is 18.4 Å². The fourth-order valence-electron chi connectivity index (χ4n) is 2.51. The second kappa shape index (κ2) is 7.11. The number of methoxy groups -OCH3 is 1. The van der Waals surface area contributed by atoms with E-state index < -0.39 is 0 Å². The van der Waals surface area contributed by atoms with Crippen LogP contribution in [0.15, 0.2) is 24.3 Å². The van der Waals surface area contributed by atoms with Crippen LogP contribution in [0.4, 0.5) is 4.79 Å². The Hall–Kier alpha value is -2.04. The lowest BCUT2D eigenvalue weighted by Gasteiger charge is -2.31. The number of benzene rings is 1. The molecule has 0 aromatic heterocycles. The first-order chi connectivity index (χ1) is 10.1. The van der Waals surface area contributed by atoms with Crippen molar-refractivity contribution in [3.8, 4) is 0 Å². The third-order valence-corrected chi connectivity index (χ3v) is 3.78. The first kappa shape index (κ1) is 15.4. The number of carbonyl (C=O) groups excluding carboxylic acids is 2. The summed E-state index contributed by atoms with van der Waals surface area (Å²) in [4.78, 5) is 25.1. The molecule has 0 atom stereocenters. The van der Waals surface area contributed by atoms with Gasteiger partial charge in [0.2, 0.25) is 5.91 Å². The molecule has 21 heavy (non-hydrogen) atoms. The number of likely N-dealkylation sites (tertiary alicyclic amines) is 1. The van der Waals surface area contributed by atoms with Gasteiger partial charge < -0.3 is 15.0 Å². The van der Waals surface area contributed by atoms with E-state index in [9.17, 15) is 9.59 Å². The van der Waals surface area contributed by atoms with E-state index in [4.69, 9.17) is 4.74 Å². The zero-order valence-corrected chi connectivity index (χ0v) is 12.6. The molecular formula is C16H22N2O3. The highest BCUT2D eigenvalue weighted by Gasteiger charge is 2.24. The zero-order chi connectivity index (χ0) is 15.2. The van der Waals surface area contributed by atoms with Crippen LogP contribution in [0, 0.1) is 6.92 Å². The second-order valence-electron chi connectivity index (χ2n) is 5.46. The summed E-state index contributed by atoms with van der Waals surface area (Å²) >= 11 is 0. The SMILES string of the molecule is COC(=O)N1CCC(NC(=O)Cc2ccc(C)cc2)CC1. The van der Waals surface area contributed by atoms with Crippen molar-refractivity contribution < 1.29 is 14.3 Å². The number of carbonyl (C=O) groups is 2. The van der Waals surface area contributed by atoms with Gasteiger partial charge in [0.1, 0.15) is 0 Å². The van der Waals surface area contributed by atoms with Gasteiger partial charge in [-0.3, -0.25) is 4.79 Å². The Bertz CT molecular complexity index is 491. The summed E-state index contributed by atoms with van der Waals surface area (Å²) in [6, 6.07) is 8.13. The van der Waals surface area contributed by atoms with E-state index in [-0.39, 0.29) is 18.0 Å². The van der Waals surface area contributed by atoms with Gasteiger partial charge in [-0.25, -0.2) is 4.79 Å². The normalized spacial score (nSPS) is 15.6. The third kappa shape index (κ3) is 4.48. The van der Waals surface area contributed by atoms with Gasteiger partial charge in [0.05, 0.1) is 13.5 Å². The van der Waals surface area contributed by atoms with Crippen molar-refractivity contribution in [2.24, 2.45) is 0 Å². The minimum absolute atomic E-state index is 0.0374. The molecule has 0 bridgehead atoms. The zero-order valence-electron chi connectivity index (χ0n) is 12.6. The fourth-order valence-corrected chi connectivity index (χ4v) is 2.51. The average molecular weight is 290 g/mol. The minimum Gasteiger partial charge on any atom is -0.453 e. The predicted molar refractivity (Wildman–Crippen MR) is 80.0 cm³/mol. The molecule has 5 heteroatoms. The van der Waals surface area contributed by atoms with Gasteiger partial charge in [0, 0.05) is 19.1 Å². The minimum atomic E-state index is -0.292. The van der Waals surface area contributed by atoms with Gasteiger partial charge in [0.15, 0.2) is 0 Å².